The Morgan fingerprint density at radius 3 is 2.72 bits per heavy atom. The molecule has 0 amide bonds. The zero-order chi connectivity index (χ0) is 13.0. The third-order valence-corrected chi connectivity index (χ3v) is 5.03. The van der Waals surface area contributed by atoms with E-state index in [1.165, 1.54) is 32.1 Å². The van der Waals surface area contributed by atoms with E-state index in [9.17, 15) is 4.79 Å². The first kappa shape index (κ1) is 13.7. The van der Waals surface area contributed by atoms with Crippen LogP contribution in [0.1, 0.15) is 56.1 Å². The van der Waals surface area contributed by atoms with E-state index < -0.39 is 0 Å². The first-order chi connectivity index (χ1) is 8.70. The van der Waals surface area contributed by atoms with Gasteiger partial charge in [-0.1, -0.05) is 26.2 Å². The third-order valence-electron chi connectivity index (χ3n) is 3.64. The molecule has 1 saturated carbocycles. The van der Waals surface area contributed by atoms with Crippen molar-refractivity contribution in [3.8, 4) is 0 Å². The number of H-pyrrole nitrogens is 1. The van der Waals surface area contributed by atoms with Gasteiger partial charge in [0.1, 0.15) is 5.82 Å². The summed E-state index contributed by atoms with van der Waals surface area (Å²) in [4.78, 5) is 19.2. The molecule has 18 heavy (non-hydrogen) atoms. The number of rotatable bonds is 4. The highest BCUT2D eigenvalue weighted by Crippen LogP contribution is 2.29. The Hall–Kier alpha value is -0.770. The third kappa shape index (κ3) is 3.37. The van der Waals surface area contributed by atoms with Gasteiger partial charge in [0.05, 0.1) is 11.4 Å². The van der Waals surface area contributed by atoms with Gasteiger partial charge in [-0.05, 0) is 26.2 Å². The molecule has 4 heteroatoms. The zero-order valence-corrected chi connectivity index (χ0v) is 12.1. The van der Waals surface area contributed by atoms with Crippen molar-refractivity contribution in [3.63, 3.8) is 0 Å². The van der Waals surface area contributed by atoms with Gasteiger partial charge in [0.25, 0.3) is 5.56 Å². The predicted molar refractivity (Wildman–Crippen MR) is 77.1 cm³/mol. The summed E-state index contributed by atoms with van der Waals surface area (Å²) >= 11 is 1.95. The van der Waals surface area contributed by atoms with Gasteiger partial charge in [-0.2, -0.15) is 11.8 Å². The predicted octanol–water partition coefficient (Wildman–Crippen LogP) is 3.21. The van der Waals surface area contributed by atoms with E-state index in [4.69, 9.17) is 0 Å². The van der Waals surface area contributed by atoms with Crippen molar-refractivity contribution in [3.05, 3.63) is 27.4 Å². The molecule has 0 spiro atoms. The van der Waals surface area contributed by atoms with E-state index in [0.29, 0.717) is 0 Å². The standard InChI is InChI=1S/C14H22N2OS/c1-3-12-10(2)14(17)16-13(15-12)9-18-11-7-5-4-6-8-11/h11H,3-9H2,1-2H3,(H,15,16,17). The Bertz CT molecular complexity index is 450. The second-order valence-electron chi connectivity index (χ2n) is 5.01. The SMILES string of the molecule is CCc1nc(CSC2CCCCC2)[nH]c(=O)c1C. The normalized spacial score (nSPS) is 17.0. The van der Waals surface area contributed by atoms with Crippen LogP contribution in [0.25, 0.3) is 0 Å². The topological polar surface area (TPSA) is 45.8 Å². The number of hydrogen-bond donors (Lipinski definition) is 1. The first-order valence-electron chi connectivity index (χ1n) is 6.91. The highest BCUT2D eigenvalue weighted by molar-refractivity contribution is 7.99. The lowest BCUT2D eigenvalue weighted by Gasteiger charge is -2.20. The van der Waals surface area contributed by atoms with Crippen LogP contribution < -0.4 is 5.56 Å². The van der Waals surface area contributed by atoms with Gasteiger partial charge in [0.15, 0.2) is 0 Å². The van der Waals surface area contributed by atoms with Crippen LogP contribution in [0.15, 0.2) is 4.79 Å². The Morgan fingerprint density at radius 1 is 1.33 bits per heavy atom. The van der Waals surface area contributed by atoms with Gasteiger partial charge in [-0.25, -0.2) is 4.98 Å². The molecular weight excluding hydrogens is 244 g/mol. The van der Waals surface area contributed by atoms with E-state index >= 15 is 0 Å². The molecule has 1 N–H and O–H groups in total. The molecule has 1 fully saturated rings. The lowest BCUT2D eigenvalue weighted by Crippen LogP contribution is -2.18. The number of nitrogens with zero attached hydrogens (tertiary/aromatic N) is 1. The number of aryl methyl sites for hydroxylation is 1. The highest BCUT2D eigenvalue weighted by atomic mass is 32.2. The summed E-state index contributed by atoms with van der Waals surface area (Å²) < 4.78 is 0. The van der Waals surface area contributed by atoms with Crippen molar-refractivity contribution in [1.29, 1.82) is 0 Å². The smallest absolute Gasteiger partial charge is 0.254 e. The summed E-state index contributed by atoms with van der Waals surface area (Å²) in [5.74, 6) is 1.69. The molecule has 0 radical (unpaired) electrons. The molecular formula is C14H22N2OS. The first-order valence-corrected chi connectivity index (χ1v) is 7.96. The maximum absolute atomic E-state index is 11.8. The molecule has 1 heterocycles. The van der Waals surface area contributed by atoms with Crippen LogP contribution in [0.4, 0.5) is 0 Å². The molecule has 0 unspecified atom stereocenters. The number of thioether (sulfide) groups is 1. The maximum atomic E-state index is 11.8. The maximum Gasteiger partial charge on any atom is 0.254 e. The van der Waals surface area contributed by atoms with Crippen molar-refractivity contribution in [2.45, 2.75) is 63.4 Å². The van der Waals surface area contributed by atoms with Crippen molar-refractivity contribution in [2.24, 2.45) is 0 Å². The molecule has 0 bridgehead atoms. The van der Waals surface area contributed by atoms with Crippen LogP contribution in [0.3, 0.4) is 0 Å². The Balaban J connectivity index is 2.00. The minimum absolute atomic E-state index is 0.0288. The number of nitrogens with one attached hydrogen (secondary N) is 1. The van der Waals surface area contributed by atoms with Gasteiger partial charge in [-0.15, -0.1) is 0 Å². The van der Waals surface area contributed by atoms with Crippen LogP contribution in [0, 0.1) is 6.92 Å². The summed E-state index contributed by atoms with van der Waals surface area (Å²) in [6, 6.07) is 0. The van der Waals surface area contributed by atoms with Crippen molar-refractivity contribution in [1.82, 2.24) is 9.97 Å². The second kappa shape index (κ2) is 6.41. The monoisotopic (exact) mass is 266 g/mol. The van der Waals surface area contributed by atoms with E-state index in [-0.39, 0.29) is 5.56 Å². The van der Waals surface area contributed by atoms with E-state index in [2.05, 4.69) is 9.97 Å². The van der Waals surface area contributed by atoms with Crippen molar-refractivity contribution in [2.75, 3.05) is 0 Å². The van der Waals surface area contributed by atoms with Crippen molar-refractivity contribution < 1.29 is 0 Å². The molecule has 0 saturated heterocycles. The molecule has 1 aromatic rings. The summed E-state index contributed by atoms with van der Waals surface area (Å²) in [6.45, 7) is 3.90. The van der Waals surface area contributed by atoms with Gasteiger partial charge in [0, 0.05) is 10.8 Å². The van der Waals surface area contributed by atoms with Crippen LogP contribution in [-0.2, 0) is 12.2 Å². The summed E-state index contributed by atoms with van der Waals surface area (Å²) in [7, 11) is 0. The van der Waals surface area contributed by atoms with Crippen LogP contribution >= 0.6 is 11.8 Å². The van der Waals surface area contributed by atoms with Crippen LogP contribution in [-0.4, -0.2) is 15.2 Å². The fourth-order valence-electron chi connectivity index (χ4n) is 2.47. The van der Waals surface area contributed by atoms with Crippen LogP contribution in [0.5, 0.6) is 0 Å². The molecule has 1 aliphatic carbocycles. The number of aromatic nitrogens is 2. The second-order valence-corrected chi connectivity index (χ2v) is 6.30. The molecule has 1 aliphatic rings. The number of hydrogen-bond acceptors (Lipinski definition) is 3. The molecule has 0 aromatic carbocycles. The molecule has 1 aromatic heterocycles. The lowest BCUT2D eigenvalue weighted by atomic mass is 10.0. The fourth-order valence-corrected chi connectivity index (χ4v) is 3.67. The minimum atomic E-state index is 0.0288. The molecule has 2 rings (SSSR count). The molecule has 3 nitrogen and oxygen atoms in total. The summed E-state index contributed by atoms with van der Waals surface area (Å²) in [6.07, 6.45) is 7.57. The Morgan fingerprint density at radius 2 is 2.06 bits per heavy atom. The summed E-state index contributed by atoms with van der Waals surface area (Å²) in [5.41, 5.74) is 1.74. The van der Waals surface area contributed by atoms with E-state index in [1.54, 1.807) is 0 Å². The highest BCUT2D eigenvalue weighted by Gasteiger charge is 2.14. The lowest BCUT2D eigenvalue weighted by molar-refractivity contribution is 0.516. The zero-order valence-electron chi connectivity index (χ0n) is 11.3. The minimum Gasteiger partial charge on any atom is -0.310 e. The van der Waals surface area contributed by atoms with Crippen LogP contribution in [0.2, 0.25) is 0 Å². The number of aromatic amines is 1. The van der Waals surface area contributed by atoms with E-state index in [1.807, 2.05) is 25.6 Å². The fraction of sp³-hybridized carbons (Fsp3) is 0.714. The average molecular weight is 266 g/mol. The van der Waals surface area contributed by atoms with Gasteiger partial charge in [-0.3, -0.25) is 4.79 Å². The molecule has 100 valence electrons. The Labute approximate surface area is 113 Å². The molecule has 0 aliphatic heterocycles. The molecule has 0 atom stereocenters. The summed E-state index contributed by atoms with van der Waals surface area (Å²) in [5, 5.41) is 0.760. The Kier molecular flexibility index (Phi) is 4.87. The average Bonchev–Trinajstić information content (AvgIpc) is 2.41. The van der Waals surface area contributed by atoms with Gasteiger partial charge < -0.3 is 4.98 Å². The van der Waals surface area contributed by atoms with Crippen molar-refractivity contribution >= 4 is 11.8 Å². The van der Waals surface area contributed by atoms with Gasteiger partial charge in [0.2, 0.25) is 0 Å². The van der Waals surface area contributed by atoms with Gasteiger partial charge >= 0.3 is 0 Å². The van der Waals surface area contributed by atoms with E-state index in [0.717, 1.165) is 34.5 Å². The largest absolute Gasteiger partial charge is 0.310 e. The quantitative estimate of drug-likeness (QED) is 0.910.